The van der Waals surface area contributed by atoms with Gasteiger partial charge in [0.25, 0.3) is 0 Å². The first-order valence-corrected chi connectivity index (χ1v) is 5.91. The summed E-state index contributed by atoms with van der Waals surface area (Å²) < 4.78 is 0. The van der Waals surface area contributed by atoms with E-state index in [4.69, 9.17) is 5.11 Å². The Balaban J connectivity index is 2.56. The van der Waals surface area contributed by atoms with Gasteiger partial charge in [-0.25, -0.2) is 4.79 Å². The van der Waals surface area contributed by atoms with E-state index in [1.165, 1.54) is 11.1 Å². The fourth-order valence-corrected chi connectivity index (χ4v) is 1.75. The number of amides is 1. The lowest BCUT2D eigenvalue weighted by molar-refractivity contribution is -0.151. The maximum absolute atomic E-state index is 11.1. The number of carbonyl (C=O) groups excluding carboxylic acids is 1. The molecular weight excluding hydrogens is 230 g/mol. The number of nitrogens with one attached hydrogen (secondary N) is 1. The molecule has 1 rings (SSSR count). The van der Waals surface area contributed by atoms with Crippen LogP contribution in [0.15, 0.2) is 24.3 Å². The maximum Gasteiger partial charge on any atom is 0.394 e. The molecule has 0 aromatic heterocycles. The van der Waals surface area contributed by atoms with Crippen LogP contribution >= 0.6 is 0 Å². The normalized spacial score (nSPS) is 11.1. The van der Waals surface area contributed by atoms with Crippen molar-refractivity contribution in [2.45, 2.75) is 39.2 Å². The molecule has 0 heterocycles. The highest BCUT2D eigenvalue weighted by Crippen LogP contribution is 2.14. The second kappa shape index (κ2) is 5.67. The van der Waals surface area contributed by atoms with Gasteiger partial charge in [0.05, 0.1) is 0 Å². The number of hydrogen-bond donors (Lipinski definition) is 2. The Kier molecular flexibility index (Phi) is 4.48. The van der Waals surface area contributed by atoms with Gasteiger partial charge in [0.1, 0.15) is 0 Å². The molecule has 0 bridgehead atoms. The molecule has 0 fully saturated rings. The van der Waals surface area contributed by atoms with Crippen LogP contribution in [0.2, 0.25) is 0 Å². The molecule has 0 unspecified atom stereocenters. The molecule has 0 atom stereocenters. The zero-order valence-electron chi connectivity index (χ0n) is 11.0. The van der Waals surface area contributed by atoms with E-state index in [0.29, 0.717) is 6.42 Å². The molecule has 0 radical (unpaired) electrons. The third-order valence-corrected chi connectivity index (χ3v) is 2.77. The van der Waals surface area contributed by atoms with Crippen molar-refractivity contribution in [2.24, 2.45) is 0 Å². The highest BCUT2D eigenvalue weighted by Gasteiger charge is 2.23. The van der Waals surface area contributed by atoms with E-state index in [1.807, 2.05) is 39.0 Å². The number of aliphatic carboxylic acids is 1. The number of aryl methyl sites for hydroxylation is 2. The van der Waals surface area contributed by atoms with Crippen LogP contribution in [-0.4, -0.2) is 22.5 Å². The summed E-state index contributed by atoms with van der Waals surface area (Å²) in [5, 5.41) is 11.1. The molecule has 18 heavy (non-hydrogen) atoms. The van der Waals surface area contributed by atoms with Gasteiger partial charge in [-0.3, -0.25) is 4.79 Å². The molecule has 0 saturated carbocycles. The molecule has 0 saturated heterocycles. The minimum Gasteiger partial charge on any atom is -0.474 e. The molecule has 0 aliphatic rings. The van der Waals surface area contributed by atoms with Crippen LogP contribution in [-0.2, 0) is 16.0 Å². The first-order valence-electron chi connectivity index (χ1n) is 5.91. The van der Waals surface area contributed by atoms with Crippen molar-refractivity contribution < 1.29 is 14.7 Å². The topological polar surface area (TPSA) is 66.4 Å². The number of hydrogen-bond acceptors (Lipinski definition) is 2. The van der Waals surface area contributed by atoms with E-state index in [0.717, 1.165) is 6.42 Å². The Morgan fingerprint density at radius 1 is 1.33 bits per heavy atom. The molecule has 2 N–H and O–H groups in total. The molecule has 4 heteroatoms. The lowest BCUT2D eigenvalue weighted by Gasteiger charge is -2.25. The lowest BCUT2D eigenvalue weighted by atomic mass is 9.94. The van der Waals surface area contributed by atoms with Crippen molar-refractivity contribution in [3.05, 3.63) is 35.4 Å². The molecule has 1 aromatic rings. The summed E-state index contributed by atoms with van der Waals surface area (Å²) in [6.45, 7) is 5.67. The van der Waals surface area contributed by atoms with Gasteiger partial charge in [-0.05, 0) is 39.2 Å². The van der Waals surface area contributed by atoms with E-state index in [9.17, 15) is 9.59 Å². The van der Waals surface area contributed by atoms with Gasteiger partial charge in [-0.1, -0.05) is 29.8 Å². The third-order valence-electron chi connectivity index (χ3n) is 2.77. The second-order valence-corrected chi connectivity index (χ2v) is 5.13. The van der Waals surface area contributed by atoms with Gasteiger partial charge < -0.3 is 10.4 Å². The standard InChI is InChI=1S/C14H19NO3/c1-10-5-4-6-11(9-10)7-8-14(2,3)15-12(16)13(17)18/h4-6,9H,7-8H2,1-3H3,(H,15,16)(H,17,18). The van der Waals surface area contributed by atoms with E-state index in [1.54, 1.807) is 0 Å². The Bertz CT molecular complexity index is 452. The molecule has 0 aliphatic carbocycles. The number of carbonyl (C=O) groups is 2. The SMILES string of the molecule is Cc1cccc(CCC(C)(C)NC(=O)C(=O)O)c1. The maximum atomic E-state index is 11.1. The Hall–Kier alpha value is -1.84. The number of benzene rings is 1. The highest BCUT2D eigenvalue weighted by molar-refractivity contribution is 6.31. The van der Waals surface area contributed by atoms with E-state index in [2.05, 4.69) is 11.4 Å². The number of rotatable bonds is 4. The quantitative estimate of drug-likeness (QED) is 0.801. The largest absolute Gasteiger partial charge is 0.474 e. The average Bonchev–Trinajstić information content (AvgIpc) is 2.26. The van der Waals surface area contributed by atoms with Gasteiger partial charge in [0, 0.05) is 5.54 Å². The fraction of sp³-hybridized carbons (Fsp3) is 0.429. The monoisotopic (exact) mass is 249 g/mol. The first kappa shape index (κ1) is 14.2. The lowest BCUT2D eigenvalue weighted by Crippen LogP contribution is -2.46. The molecule has 1 amide bonds. The third kappa shape index (κ3) is 4.57. The smallest absolute Gasteiger partial charge is 0.394 e. The summed E-state index contributed by atoms with van der Waals surface area (Å²) in [4.78, 5) is 21.6. The number of carboxylic acids is 1. The van der Waals surface area contributed by atoms with Crippen molar-refractivity contribution in [2.75, 3.05) is 0 Å². The van der Waals surface area contributed by atoms with Crippen LogP contribution in [0.3, 0.4) is 0 Å². The van der Waals surface area contributed by atoms with Crippen molar-refractivity contribution in [3.63, 3.8) is 0 Å². The predicted octanol–water partition coefficient (Wildman–Crippen LogP) is 1.91. The molecule has 98 valence electrons. The van der Waals surface area contributed by atoms with Crippen LogP contribution in [0, 0.1) is 6.92 Å². The molecule has 4 nitrogen and oxygen atoms in total. The molecule has 0 aliphatic heterocycles. The molecule has 1 aromatic carbocycles. The van der Waals surface area contributed by atoms with E-state index >= 15 is 0 Å². The van der Waals surface area contributed by atoms with Gasteiger partial charge in [-0.15, -0.1) is 0 Å². The Morgan fingerprint density at radius 2 is 2.00 bits per heavy atom. The summed E-state index contributed by atoms with van der Waals surface area (Å²) in [5.74, 6) is -2.40. The Morgan fingerprint density at radius 3 is 2.56 bits per heavy atom. The van der Waals surface area contributed by atoms with Crippen LogP contribution in [0.25, 0.3) is 0 Å². The van der Waals surface area contributed by atoms with E-state index in [-0.39, 0.29) is 0 Å². The predicted molar refractivity (Wildman–Crippen MR) is 69.4 cm³/mol. The van der Waals surface area contributed by atoms with Gasteiger partial charge in [0.15, 0.2) is 0 Å². The summed E-state index contributed by atoms with van der Waals surface area (Å²) in [7, 11) is 0. The van der Waals surface area contributed by atoms with Crippen LogP contribution in [0.1, 0.15) is 31.4 Å². The van der Waals surface area contributed by atoms with Crippen LogP contribution in [0.5, 0.6) is 0 Å². The Labute approximate surface area is 107 Å². The average molecular weight is 249 g/mol. The van der Waals surface area contributed by atoms with Gasteiger partial charge in [0.2, 0.25) is 0 Å². The number of carboxylic acid groups (broad SMARTS) is 1. The minimum absolute atomic E-state index is 0.529. The summed E-state index contributed by atoms with van der Waals surface area (Å²) in [6.07, 6.45) is 1.49. The van der Waals surface area contributed by atoms with Gasteiger partial charge in [-0.2, -0.15) is 0 Å². The fourth-order valence-electron chi connectivity index (χ4n) is 1.75. The summed E-state index contributed by atoms with van der Waals surface area (Å²) in [6, 6.07) is 8.14. The van der Waals surface area contributed by atoms with E-state index < -0.39 is 17.4 Å². The van der Waals surface area contributed by atoms with Crippen molar-refractivity contribution in [1.82, 2.24) is 5.32 Å². The molecule has 0 spiro atoms. The zero-order chi connectivity index (χ0) is 13.8. The minimum atomic E-state index is -1.45. The van der Waals surface area contributed by atoms with Crippen LogP contribution in [0.4, 0.5) is 0 Å². The van der Waals surface area contributed by atoms with Gasteiger partial charge >= 0.3 is 11.9 Å². The zero-order valence-corrected chi connectivity index (χ0v) is 11.0. The van der Waals surface area contributed by atoms with Crippen molar-refractivity contribution in [3.8, 4) is 0 Å². The first-order chi connectivity index (χ1) is 8.30. The highest BCUT2D eigenvalue weighted by atomic mass is 16.4. The van der Waals surface area contributed by atoms with Crippen molar-refractivity contribution >= 4 is 11.9 Å². The van der Waals surface area contributed by atoms with Crippen molar-refractivity contribution in [1.29, 1.82) is 0 Å². The molecular formula is C14H19NO3. The van der Waals surface area contributed by atoms with Crippen LogP contribution < -0.4 is 5.32 Å². The second-order valence-electron chi connectivity index (χ2n) is 5.13. The summed E-state index contributed by atoms with van der Waals surface area (Å²) in [5.41, 5.74) is 1.85. The summed E-state index contributed by atoms with van der Waals surface area (Å²) >= 11 is 0.